The van der Waals surface area contributed by atoms with Crippen LogP contribution in [0.2, 0.25) is 0 Å². The number of nitrogens with zero attached hydrogens (tertiary/aromatic N) is 1. The van der Waals surface area contributed by atoms with E-state index in [4.69, 9.17) is 4.42 Å². The highest BCUT2D eigenvalue weighted by Crippen LogP contribution is 2.25. The zero-order valence-corrected chi connectivity index (χ0v) is 15.3. The number of benzene rings is 1. The van der Waals surface area contributed by atoms with Gasteiger partial charge >= 0.3 is 0 Å². The molecule has 0 bridgehead atoms. The molecule has 4 rings (SSSR count). The summed E-state index contributed by atoms with van der Waals surface area (Å²) in [6, 6.07) is 10.6. The second-order valence-electron chi connectivity index (χ2n) is 6.62. The van der Waals surface area contributed by atoms with E-state index in [2.05, 4.69) is 28.6 Å². The highest BCUT2D eigenvalue weighted by molar-refractivity contribution is 7.10. The highest BCUT2D eigenvalue weighted by Gasteiger charge is 2.22. The zero-order valence-electron chi connectivity index (χ0n) is 14.5. The summed E-state index contributed by atoms with van der Waals surface area (Å²) in [6.45, 7) is 4.53. The minimum atomic E-state index is -0.354. The first-order valence-electron chi connectivity index (χ1n) is 8.72. The average Bonchev–Trinajstić information content (AvgIpc) is 3.13. The van der Waals surface area contributed by atoms with Gasteiger partial charge in [-0.25, -0.2) is 0 Å². The largest absolute Gasteiger partial charge is 0.451 e. The molecule has 3 aromatic rings. The van der Waals surface area contributed by atoms with E-state index in [-0.39, 0.29) is 23.1 Å². The number of rotatable bonds is 4. The number of hydrogen-bond donors (Lipinski definition) is 1. The van der Waals surface area contributed by atoms with Crippen LogP contribution in [0.5, 0.6) is 0 Å². The Balaban J connectivity index is 1.42. The average molecular weight is 368 g/mol. The van der Waals surface area contributed by atoms with Crippen molar-refractivity contribution < 1.29 is 9.21 Å². The number of fused-ring (bicyclic) bond motifs is 2. The van der Waals surface area contributed by atoms with Gasteiger partial charge in [0.15, 0.2) is 11.2 Å². The minimum absolute atomic E-state index is 0.0552. The van der Waals surface area contributed by atoms with Crippen LogP contribution in [0.15, 0.2) is 51.0 Å². The van der Waals surface area contributed by atoms with E-state index in [0.29, 0.717) is 17.5 Å². The van der Waals surface area contributed by atoms with Gasteiger partial charge in [-0.3, -0.25) is 14.5 Å². The number of para-hydroxylation sites is 1. The standard InChI is InChI=1S/C20H20N2O3S/c1-13(22-8-6-19-14(12-22)7-9-26-19)11-21-20(24)18-10-16(23)15-4-2-3-5-17(15)25-18/h2-5,7,9-10,13H,6,8,11-12H2,1H3,(H,21,24)/t13-/m0/s1. The Morgan fingerprint density at radius 2 is 2.19 bits per heavy atom. The molecular formula is C20H20N2O3S. The van der Waals surface area contributed by atoms with Crippen molar-refractivity contribution >= 4 is 28.2 Å². The quantitative estimate of drug-likeness (QED) is 0.769. The maximum Gasteiger partial charge on any atom is 0.287 e. The molecule has 1 amide bonds. The number of carbonyl (C=O) groups excluding carboxylic acids is 1. The molecular weight excluding hydrogens is 348 g/mol. The van der Waals surface area contributed by atoms with Crippen molar-refractivity contribution in [2.75, 3.05) is 13.1 Å². The van der Waals surface area contributed by atoms with Crippen molar-refractivity contribution in [1.82, 2.24) is 10.2 Å². The lowest BCUT2D eigenvalue weighted by Gasteiger charge is -2.32. The van der Waals surface area contributed by atoms with Crippen molar-refractivity contribution in [3.8, 4) is 0 Å². The van der Waals surface area contributed by atoms with Crippen molar-refractivity contribution in [1.29, 1.82) is 0 Å². The van der Waals surface area contributed by atoms with Crippen LogP contribution in [0.3, 0.4) is 0 Å². The number of carbonyl (C=O) groups is 1. The van der Waals surface area contributed by atoms with E-state index >= 15 is 0 Å². The highest BCUT2D eigenvalue weighted by atomic mass is 32.1. The van der Waals surface area contributed by atoms with Crippen molar-refractivity contribution in [3.63, 3.8) is 0 Å². The molecule has 0 unspecified atom stereocenters. The third-order valence-electron chi connectivity index (χ3n) is 4.88. The topological polar surface area (TPSA) is 62.6 Å². The Kier molecular flexibility index (Phi) is 4.61. The molecule has 0 saturated heterocycles. The van der Waals surface area contributed by atoms with Gasteiger partial charge in [-0.1, -0.05) is 12.1 Å². The molecule has 1 aliphatic heterocycles. The predicted molar refractivity (Wildman–Crippen MR) is 103 cm³/mol. The molecule has 134 valence electrons. The van der Waals surface area contributed by atoms with Crippen LogP contribution in [0.4, 0.5) is 0 Å². The maximum absolute atomic E-state index is 12.4. The molecule has 1 N–H and O–H groups in total. The zero-order chi connectivity index (χ0) is 18.1. The summed E-state index contributed by atoms with van der Waals surface area (Å²) in [6.07, 6.45) is 1.06. The summed E-state index contributed by atoms with van der Waals surface area (Å²) in [7, 11) is 0. The van der Waals surface area contributed by atoms with Crippen molar-refractivity contribution in [3.05, 3.63) is 68.2 Å². The van der Waals surface area contributed by atoms with Gasteiger partial charge in [-0.05, 0) is 42.5 Å². The van der Waals surface area contributed by atoms with Gasteiger partial charge < -0.3 is 9.73 Å². The Labute approximate surface area is 155 Å². The second-order valence-corrected chi connectivity index (χ2v) is 7.62. The summed E-state index contributed by atoms with van der Waals surface area (Å²) in [4.78, 5) is 28.4. The summed E-state index contributed by atoms with van der Waals surface area (Å²) < 4.78 is 5.59. The lowest BCUT2D eigenvalue weighted by Crippen LogP contribution is -2.44. The first kappa shape index (κ1) is 17.0. The molecule has 0 fully saturated rings. The van der Waals surface area contributed by atoms with E-state index in [1.54, 1.807) is 24.3 Å². The van der Waals surface area contributed by atoms with Gasteiger partial charge in [0.25, 0.3) is 5.91 Å². The summed E-state index contributed by atoms with van der Waals surface area (Å²) in [5.41, 5.74) is 1.62. The fraction of sp³-hybridized carbons (Fsp3) is 0.300. The van der Waals surface area contributed by atoms with Crippen LogP contribution in [0, 0.1) is 0 Å². The number of nitrogens with one attached hydrogen (secondary N) is 1. The molecule has 0 spiro atoms. The molecule has 1 atom stereocenters. The van der Waals surface area contributed by atoms with Crippen LogP contribution < -0.4 is 10.7 Å². The summed E-state index contributed by atoms with van der Waals surface area (Å²) in [5, 5.41) is 5.52. The predicted octanol–water partition coefficient (Wildman–Crippen LogP) is 3.03. The van der Waals surface area contributed by atoms with Crippen LogP contribution >= 0.6 is 11.3 Å². The monoisotopic (exact) mass is 368 g/mol. The lowest BCUT2D eigenvalue weighted by atomic mass is 10.1. The lowest BCUT2D eigenvalue weighted by molar-refractivity contribution is 0.0905. The van der Waals surface area contributed by atoms with Crippen molar-refractivity contribution in [2.45, 2.75) is 25.9 Å². The molecule has 2 aromatic heterocycles. The maximum atomic E-state index is 12.4. The molecule has 1 aliphatic rings. The van der Waals surface area contributed by atoms with E-state index in [0.717, 1.165) is 19.5 Å². The first-order chi connectivity index (χ1) is 12.6. The summed E-state index contributed by atoms with van der Waals surface area (Å²) >= 11 is 1.82. The van der Waals surface area contributed by atoms with Gasteiger partial charge in [-0.2, -0.15) is 0 Å². The van der Waals surface area contributed by atoms with Crippen LogP contribution in [0.25, 0.3) is 11.0 Å². The van der Waals surface area contributed by atoms with Crippen LogP contribution in [-0.2, 0) is 13.0 Å². The Morgan fingerprint density at radius 1 is 1.35 bits per heavy atom. The number of amides is 1. The molecule has 1 aromatic carbocycles. The Morgan fingerprint density at radius 3 is 3.08 bits per heavy atom. The molecule has 0 radical (unpaired) electrons. The Bertz CT molecular complexity index is 1010. The third kappa shape index (κ3) is 3.30. The fourth-order valence-corrected chi connectivity index (χ4v) is 4.21. The van der Waals surface area contributed by atoms with Gasteiger partial charge in [0.05, 0.1) is 5.39 Å². The van der Waals surface area contributed by atoms with E-state index in [1.165, 1.54) is 16.5 Å². The molecule has 0 saturated carbocycles. The molecule has 5 nitrogen and oxygen atoms in total. The minimum Gasteiger partial charge on any atom is -0.451 e. The van der Waals surface area contributed by atoms with Gasteiger partial charge in [0.2, 0.25) is 0 Å². The second kappa shape index (κ2) is 7.05. The molecule has 6 heteroatoms. The van der Waals surface area contributed by atoms with Gasteiger partial charge in [0, 0.05) is 36.6 Å². The van der Waals surface area contributed by atoms with E-state index in [1.807, 2.05) is 11.3 Å². The third-order valence-corrected chi connectivity index (χ3v) is 5.90. The SMILES string of the molecule is C[C@@H](CNC(=O)c1cc(=O)c2ccccc2o1)N1CCc2sccc2C1. The normalized spacial score (nSPS) is 15.6. The first-order valence-corrected chi connectivity index (χ1v) is 9.60. The smallest absolute Gasteiger partial charge is 0.287 e. The van der Waals surface area contributed by atoms with Gasteiger partial charge in [-0.15, -0.1) is 11.3 Å². The Hall–Kier alpha value is -2.44. The van der Waals surface area contributed by atoms with Gasteiger partial charge in [0.1, 0.15) is 5.58 Å². The van der Waals surface area contributed by atoms with Crippen molar-refractivity contribution in [2.24, 2.45) is 0 Å². The summed E-state index contributed by atoms with van der Waals surface area (Å²) in [5.74, 6) is -0.299. The molecule has 3 heterocycles. The van der Waals surface area contributed by atoms with Crippen LogP contribution in [-0.4, -0.2) is 29.9 Å². The fourth-order valence-electron chi connectivity index (χ4n) is 3.32. The molecule has 0 aliphatic carbocycles. The number of hydrogen-bond acceptors (Lipinski definition) is 5. The van der Waals surface area contributed by atoms with E-state index < -0.39 is 0 Å². The number of thiophene rings is 1. The van der Waals surface area contributed by atoms with E-state index in [9.17, 15) is 9.59 Å². The molecule has 26 heavy (non-hydrogen) atoms. The van der Waals surface area contributed by atoms with Crippen LogP contribution in [0.1, 0.15) is 27.9 Å².